The lowest BCUT2D eigenvalue weighted by Gasteiger charge is -2.20. The molecular formula is C13H13BrClNO4S. The molecule has 0 aromatic heterocycles. The second kappa shape index (κ2) is 5.53. The predicted molar refractivity (Wildman–Crippen MR) is 80.9 cm³/mol. The summed E-state index contributed by atoms with van der Waals surface area (Å²) in [5.74, 6) is -0.329. The van der Waals surface area contributed by atoms with Crippen molar-refractivity contribution in [3.8, 4) is 0 Å². The number of benzene rings is 1. The number of hydrogen-bond donors (Lipinski definition) is 1. The fourth-order valence-electron chi connectivity index (χ4n) is 2.87. The Morgan fingerprint density at radius 1 is 1.38 bits per heavy atom. The van der Waals surface area contributed by atoms with E-state index in [0.717, 1.165) is 19.3 Å². The molecule has 5 nitrogen and oxygen atoms in total. The molecule has 2 aliphatic heterocycles. The molecule has 3 unspecified atom stereocenters. The van der Waals surface area contributed by atoms with Gasteiger partial charge in [-0.05, 0) is 53.4 Å². The first-order valence-electron chi connectivity index (χ1n) is 6.55. The molecule has 114 valence electrons. The van der Waals surface area contributed by atoms with Crippen LogP contribution in [0.15, 0.2) is 27.6 Å². The zero-order valence-electron chi connectivity index (χ0n) is 10.9. The molecular weight excluding hydrogens is 382 g/mol. The summed E-state index contributed by atoms with van der Waals surface area (Å²) in [4.78, 5) is 12.2. The van der Waals surface area contributed by atoms with E-state index in [9.17, 15) is 13.2 Å². The fraction of sp³-hybridized carbons (Fsp3) is 0.462. The van der Waals surface area contributed by atoms with E-state index >= 15 is 0 Å². The van der Waals surface area contributed by atoms with Gasteiger partial charge in [0.1, 0.15) is 0 Å². The van der Waals surface area contributed by atoms with Crippen molar-refractivity contribution in [2.24, 2.45) is 0 Å². The highest BCUT2D eigenvalue weighted by molar-refractivity contribution is 9.10. The van der Waals surface area contributed by atoms with Crippen LogP contribution >= 0.6 is 26.6 Å². The number of ether oxygens (including phenoxy) is 1. The van der Waals surface area contributed by atoms with Gasteiger partial charge in [-0.15, -0.1) is 0 Å². The van der Waals surface area contributed by atoms with Crippen molar-refractivity contribution in [3.05, 3.63) is 28.2 Å². The van der Waals surface area contributed by atoms with E-state index in [2.05, 4.69) is 21.2 Å². The van der Waals surface area contributed by atoms with E-state index < -0.39 is 9.05 Å². The van der Waals surface area contributed by atoms with Gasteiger partial charge in [-0.25, -0.2) is 8.42 Å². The number of carbonyl (C=O) groups excluding carboxylic acids is 1. The van der Waals surface area contributed by atoms with E-state index in [1.54, 1.807) is 0 Å². The van der Waals surface area contributed by atoms with E-state index in [4.69, 9.17) is 15.4 Å². The topological polar surface area (TPSA) is 72.5 Å². The SMILES string of the molecule is O=C(NC1CC2CCC1O2)c1cc(S(=O)(=O)Cl)ccc1Br. The summed E-state index contributed by atoms with van der Waals surface area (Å²) in [6.07, 6.45) is 3.10. The molecule has 1 amide bonds. The second-order valence-corrected chi connectivity index (χ2v) is 8.69. The normalized spacial score (nSPS) is 27.8. The molecule has 1 N–H and O–H groups in total. The van der Waals surface area contributed by atoms with Crippen molar-refractivity contribution in [1.29, 1.82) is 0 Å². The molecule has 0 saturated carbocycles. The average Bonchev–Trinajstić information content (AvgIpc) is 2.99. The summed E-state index contributed by atoms with van der Waals surface area (Å²) >= 11 is 3.26. The molecule has 0 radical (unpaired) electrons. The third-order valence-corrected chi connectivity index (χ3v) is 5.93. The molecule has 21 heavy (non-hydrogen) atoms. The van der Waals surface area contributed by atoms with Crippen LogP contribution in [0.2, 0.25) is 0 Å². The van der Waals surface area contributed by atoms with E-state index in [0.29, 0.717) is 4.47 Å². The molecule has 8 heteroatoms. The Labute approximate surface area is 135 Å². The third-order valence-electron chi connectivity index (χ3n) is 3.89. The van der Waals surface area contributed by atoms with Crippen LogP contribution < -0.4 is 5.32 Å². The molecule has 2 saturated heterocycles. The van der Waals surface area contributed by atoms with E-state index in [1.807, 2.05) is 0 Å². The minimum absolute atomic E-state index is 0.0144. The van der Waals surface area contributed by atoms with Crippen molar-refractivity contribution < 1.29 is 17.9 Å². The molecule has 1 aromatic rings. The Balaban J connectivity index is 1.81. The molecule has 1 aromatic carbocycles. The summed E-state index contributed by atoms with van der Waals surface area (Å²) in [6.45, 7) is 0. The number of rotatable bonds is 3. The molecule has 2 aliphatic rings. The minimum Gasteiger partial charge on any atom is -0.373 e. The fourth-order valence-corrected chi connectivity index (χ4v) is 4.07. The maximum Gasteiger partial charge on any atom is 0.261 e. The lowest BCUT2D eigenvalue weighted by atomic mass is 9.95. The lowest BCUT2D eigenvalue weighted by molar-refractivity contribution is 0.0840. The Morgan fingerprint density at radius 3 is 2.71 bits per heavy atom. The maximum absolute atomic E-state index is 12.3. The number of amides is 1. The number of hydrogen-bond acceptors (Lipinski definition) is 4. The lowest BCUT2D eigenvalue weighted by Crippen LogP contribution is -2.41. The number of halogens is 2. The smallest absolute Gasteiger partial charge is 0.261 e. The highest BCUT2D eigenvalue weighted by Gasteiger charge is 2.41. The summed E-state index contributed by atoms with van der Waals surface area (Å²) < 4.78 is 28.9. The van der Waals surface area contributed by atoms with Gasteiger partial charge >= 0.3 is 0 Å². The van der Waals surface area contributed by atoms with Crippen LogP contribution in [0.4, 0.5) is 0 Å². The predicted octanol–water partition coefficient (Wildman–Crippen LogP) is 2.43. The first-order chi connectivity index (χ1) is 9.84. The molecule has 0 aliphatic carbocycles. The van der Waals surface area contributed by atoms with Crippen LogP contribution in [0.25, 0.3) is 0 Å². The van der Waals surface area contributed by atoms with Crippen LogP contribution in [0.1, 0.15) is 29.6 Å². The van der Waals surface area contributed by atoms with Gasteiger partial charge in [-0.2, -0.15) is 0 Å². The van der Waals surface area contributed by atoms with Crippen LogP contribution in [0.5, 0.6) is 0 Å². The van der Waals surface area contributed by atoms with Gasteiger partial charge < -0.3 is 10.1 Å². The standard InChI is InChI=1S/C13H13BrClNO4S/c14-10-3-2-8(21(15,18)19)6-9(10)13(17)16-11-5-7-1-4-12(11)20-7/h2-3,6-7,11-12H,1,4-5H2,(H,16,17). The van der Waals surface area contributed by atoms with Crippen LogP contribution in [0.3, 0.4) is 0 Å². The van der Waals surface area contributed by atoms with Gasteiger partial charge in [0.25, 0.3) is 15.0 Å². The zero-order valence-corrected chi connectivity index (χ0v) is 14.0. The van der Waals surface area contributed by atoms with Gasteiger partial charge in [0.2, 0.25) is 0 Å². The molecule has 2 bridgehead atoms. The van der Waals surface area contributed by atoms with Crippen LogP contribution in [-0.4, -0.2) is 32.6 Å². The largest absolute Gasteiger partial charge is 0.373 e. The van der Waals surface area contributed by atoms with Crippen molar-refractivity contribution in [2.45, 2.75) is 42.4 Å². The Morgan fingerprint density at radius 2 is 2.14 bits per heavy atom. The third kappa shape index (κ3) is 3.11. The van der Waals surface area contributed by atoms with Gasteiger partial charge in [0.05, 0.1) is 28.7 Å². The molecule has 3 rings (SSSR count). The first kappa shape index (κ1) is 15.3. The number of carbonyl (C=O) groups is 1. The summed E-state index contributed by atoms with van der Waals surface area (Å²) in [7, 11) is 1.45. The molecule has 0 spiro atoms. The van der Waals surface area contributed by atoms with Crippen molar-refractivity contribution in [3.63, 3.8) is 0 Å². The van der Waals surface area contributed by atoms with E-state index in [1.165, 1.54) is 18.2 Å². The van der Waals surface area contributed by atoms with Crippen molar-refractivity contribution >= 4 is 41.6 Å². The van der Waals surface area contributed by atoms with Crippen molar-refractivity contribution in [1.82, 2.24) is 5.32 Å². The Kier molecular flexibility index (Phi) is 4.02. The Hall–Kier alpha value is -0.630. The van der Waals surface area contributed by atoms with Gasteiger partial charge in [-0.3, -0.25) is 4.79 Å². The van der Waals surface area contributed by atoms with Gasteiger partial charge in [0, 0.05) is 15.2 Å². The monoisotopic (exact) mass is 393 g/mol. The van der Waals surface area contributed by atoms with Crippen molar-refractivity contribution in [2.75, 3.05) is 0 Å². The molecule has 2 heterocycles. The van der Waals surface area contributed by atoms with Crippen LogP contribution in [-0.2, 0) is 13.8 Å². The zero-order chi connectivity index (χ0) is 15.2. The summed E-state index contributed by atoms with van der Waals surface area (Å²) in [6, 6.07) is 4.11. The number of fused-ring (bicyclic) bond motifs is 2. The average molecular weight is 395 g/mol. The Bertz CT molecular complexity index is 693. The molecule has 3 atom stereocenters. The summed E-state index contributed by atoms with van der Waals surface area (Å²) in [5, 5.41) is 2.91. The quantitative estimate of drug-likeness (QED) is 0.799. The second-order valence-electron chi connectivity index (χ2n) is 5.27. The van der Waals surface area contributed by atoms with E-state index in [-0.39, 0.29) is 34.6 Å². The summed E-state index contributed by atoms with van der Waals surface area (Å²) in [5.41, 5.74) is 0.250. The maximum atomic E-state index is 12.3. The molecule has 2 fully saturated rings. The van der Waals surface area contributed by atoms with Crippen LogP contribution in [0, 0.1) is 0 Å². The number of nitrogens with one attached hydrogen (secondary N) is 1. The van der Waals surface area contributed by atoms with Gasteiger partial charge in [-0.1, -0.05) is 0 Å². The van der Waals surface area contributed by atoms with Gasteiger partial charge in [0.15, 0.2) is 0 Å². The highest BCUT2D eigenvalue weighted by Crippen LogP contribution is 2.34. The highest BCUT2D eigenvalue weighted by atomic mass is 79.9. The minimum atomic E-state index is -3.86. The first-order valence-corrected chi connectivity index (χ1v) is 9.65.